The zero-order valence-electron chi connectivity index (χ0n) is 8.60. The van der Waals surface area contributed by atoms with Crippen LogP contribution in [0.2, 0.25) is 0 Å². The van der Waals surface area contributed by atoms with Gasteiger partial charge in [-0.2, -0.15) is 16.4 Å². The summed E-state index contributed by atoms with van der Waals surface area (Å²) in [6.45, 7) is 3.00. The molecule has 80 valence electrons. The maximum atomic E-state index is 4.15. The number of aryl methyl sites for hydroxylation is 1. The van der Waals surface area contributed by atoms with E-state index < -0.39 is 0 Å². The first-order valence-corrected chi connectivity index (χ1v) is 6.08. The highest BCUT2D eigenvalue weighted by molar-refractivity contribution is 7.07. The van der Waals surface area contributed by atoms with E-state index in [4.69, 9.17) is 0 Å². The molecule has 0 saturated carbocycles. The molecule has 0 aliphatic rings. The molecule has 3 nitrogen and oxygen atoms in total. The molecule has 0 amide bonds. The molecule has 0 radical (unpaired) electrons. The third-order valence-corrected chi connectivity index (χ3v) is 2.94. The number of nitrogens with one attached hydrogen (secondary N) is 1. The minimum Gasteiger partial charge on any atom is -0.313 e. The van der Waals surface area contributed by atoms with Crippen LogP contribution < -0.4 is 5.32 Å². The van der Waals surface area contributed by atoms with E-state index in [1.165, 1.54) is 5.56 Å². The molecule has 0 fully saturated rings. The van der Waals surface area contributed by atoms with Crippen LogP contribution in [0.4, 0.5) is 0 Å². The zero-order valence-corrected chi connectivity index (χ0v) is 9.41. The van der Waals surface area contributed by atoms with Crippen molar-refractivity contribution >= 4 is 11.3 Å². The normalized spacial score (nSPS) is 10.7. The lowest BCUT2D eigenvalue weighted by Gasteiger charge is -2.03. The molecule has 2 aromatic rings. The zero-order chi connectivity index (χ0) is 10.3. The summed E-state index contributed by atoms with van der Waals surface area (Å²) in [5.74, 6) is 0. The first-order valence-electron chi connectivity index (χ1n) is 5.14. The second-order valence-electron chi connectivity index (χ2n) is 3.43. The number of hydrogen-bond donors (Lipinski definition) is 1. The highest BCUT2D eigenvalue weighted by Gasteiger charge is 1.93. The van der Waals surface area contributed by atoms with Gasteiger partial charge in [-0.05, 0) is 41.4 Å². The van der Waals surface area contributed by atoms with E-state index >= 15 is 0 Å². The van der Waals surface area contributed by atoms with Crippen molar-refractivity contribution in [3.05, 3.63) is 40.8 Å². The lowest BCUT2D eigenvalue weighted by Crippen LogP contribution is -2.16. The van der Waals surface area contributed by atoms with E-state index in [0.29, 0.717) is 0 Å². The van der Waals surface area contributed by atoms with Crippen LogP contribution in [-0.4, -0.2) is 16.3 Å². The lowest BCUT2D eigenvalue weighted by atomic mass is 10.3. The minimum absolute atomic E-state index is 0.975. The molecule has 1 N–H and O–H groups in total. The van der Waals surface area contributed by atoms with Gasteiger partial charge in [0.25, 0.3) is 0 Å². The van der Waals surface area contributed by atoms with Gasteiger partial charge >= 0.3 is 0 Å². The van der Waals surface area contributed by atoms with Gasteiger partial charge < -0.3 is 5.32 Å². The predicted molar refractivity (Wildman–Crippen MR) is 62.9 cm³/mol. The van der Waals surface area contributed by atoms with Crippen molar-refractivity contribution in [1.29, 1.82) is 0 Å². The Morgan fingerprint density at radius 2 is 2.47 bits per heavy atom. The summed E-state index contributed by atoms with van der Waals surface area (Å²) in [5.41, 5.74) is 1.37. The highest BCUT2D eigenvalue weighted by Crippen LogP contribution is 2.04. The van der Waals surface area contributed by atoms with Gasteiger partial charge in [-0.3, -0.25) is 4.68 Å². The molecule has 4 heteroatoms. The van der Waals surface area contributed by atoms with E-state index in [1.807, 2.05) is 23.1 Å². The molecule has 2 heterocycles. The number of hydrogen-bond acceptors (Lipinski definition) is 3. The first kappa shape index (κ1) is 10.4. The Kier molecular flexibility index (Phi) is 3.93. The van der Waals surface area contributed by atoms with Crippen LogP contribution in [0.25, 0.3) is 0 Å². The largest absolute Gasteiger partial charge is 0.313 e. The van der Waals surface area contributed by atoms with Gasteiger partial charge in [0.1, 0.15) is 0 Å². The molecule has 0 spiro atoms. The van der Waals surface area contributed by atoms with E-state index in [-0.39, 0.29) is 0 Å². The quantitative estimate of drug-likeness (QED) is 0.757. The topological polar surface area (TPSA) is 29.9 Å². The van der Waals surface area contributed by atoms with Gasteiger partial charge in [-0.25, -0.2) is 0 Å². The Morgan fingerprint density at radius 1 is 1.47 bits per heavy atom. The van der Waals surface area contributed by atoms with Crippen molar-refractivity contribution in [2.24, 2.45) is 0 Å². The maximum absolute atomic E-state index is 4.15. The fourth-order valence-electron chi connectivity index (χ4n) is 1.42. The number of nitrogens with zero attached hydrogens (tertiary/aromatic N) is 2. The molecule has 0 aliphatic carbocycles. The fraction of sp³-hybridized carbons (Fsp3) is 0.364. The summed E-state index contributed by atoms with van der Waals surface area (Å²) in [7, 11) is 0. The first-order chi connectivity index (χ1) is 7.45. The van der Waals surface area contributed by atoms with Crippen LogP contribution in [0, 0.1) is 0 Å². The SMILES string of the molecule is c1cnn(CCCNCc2ccsc2)c1. The minimum atomic E-state index is 0.975. The number of thiophene rings is 1. The van der Waals surface area contributed by atoms with Gasteiger partial charge in [0.2, 0.25) is 0 Å². The average Bonchev–Trinajstić information content (AvgIpc) is 2.88. The summed E-state index contributed by atoms with van der Waals surface area (Å²) in [5, 5.41) is 11.9. The molecule has 0 aliphatic heterocycles. The Morgan fingerprint density at radius 3 is 3.20 bits per heavy atom. The molecule has 0 atom stereocenters. The maximum Gasteiger partial charge on any atom is 0.0489 e. The van der Waals surface area contributed by atoms with Crippen molar-refractivity contribution in [3.63, 3.8) is 0 Å². The van der Waals surface area contributed by atoms with Crippen molar-refractivity contribution in [3.8, 4) is 0 Å². The van der Waals surface area contributed by atoms with E-state index in [1.54, 1.807) is 11.3 Å². The van der Waals surface area contributed by atoms with Crippen LogP contribution in [-0.2, 0) is 13.1 Å². The summed E-state index contributed by atoms with van der Waals surface area (Å²) < 4.78 is 1.96. The van der Waals surface area contributed by atoms with Gasteiger partial charge in [0.05, 0.1) is 0 Å². The van der Waals surface area contributed by atoms with E-state index in [0.717, 1.165) is 26.1 Å². The molecule has 0 aromatic carbocycles. The van der Waals surface area contributed by atoms with Crippen LogP contribution >= 0.6 is 11.3 Å². The van der Waals surface area contributed by atoms with Gasteiger partial charge in [0, 0.05) is 25.5 Å². The molecule has 0 unspecified atom stereocenters. The Bertz CT molecular complexity index is 317. The average molecular weight is 221 g/mol. The molecule has 2 rings (SSSR count). The van der Waals surface area contributed by atoms with Crippen LogP contribution in [0.1, 0.15) is 12.0 Å². The van der Waals surface area contributed by atoms with Crippen molar-refractivity contribution < 1.29 is 0 Å². The third-order valence-electron chi connectivity index (χ3n) is 2.21. The molecular formula is C11H15N3S. The molecule has 0 bridgehead atoms. The summed E-state index contributed by atoms with van der Waals surface area (Å²) in [4.78, 5) is 0. The van der Waals surface area contributed by atoms with Crippen LogP contribution in [0.3, 0.4) is 0 Å². The smallest absolute Gasteiger partial charge is 0.0489 e. The van der Waals surface area contributed by atoms with Crippen LogP contribution in [0.5, 0.6) is 0 Å². The van der Waals surface area contributed by atoms with Gasteiger partial charge in [-0.15, -0.1) is 0 Å². The Hall–Kier alpha value is -1.13. The monoisotopic (exact) mass is 221 g/mol. The molecular weight excluding hydrogens is 206 g/mol. The summed E-state index contributed by atoms with van der Waals surface area (Å²) in [6.07, 6.45) is 4.93. The molecule has 0 saturated heterocycles. The number of aromatic nitrogens is 2. The Labute approximate surface area is 93.7 Å². The standard InChI is InChI=1S/C11H15N3S/c1(6-14-7-2-5-13-14)4-12-9-11-3-8-15-10-11/h2-3,5,7-8,10,12H,1,4,6,9H2. The van der Waals surface area contributed by atoms with E-state index in [9.17, 15) is 0 Å². The van der Waals surface area contributed by atoms with Crippen molar-refractivity contribution in [1.82, 2.24) is 15.1 Å². The highest BCUT2D eigenvalue weighted by atomic mass is 32.1. The fourth-order valence-corrected chi connectivity index (χ4v) is 2.09. The Balaban J connectivity index is 1.56. The van der Waals surface area contributed by atoms with E-state index in [2.05, 4.69) is 27.2 Å². The van der Waals surface area contributed by atoms with Gasteiger partial charge in [-0.1, -0.05) is 0 Å². The van der Waals surface area contributed by atoms with Crippen molar-refractivity contribution in [2.45, 2.75) is 19.5 Å². The third kappa shape index (κ3) is 3.49. The van der Waals surface area contributed by atoms with Gasteiger partial charge in [0.15, 0.2) is 0 Å². The molecule has 2 aromatic heterocycles. The summed E-state index contributed by atoms with van der Waals surface area (Å²) in [6, 6.07) is 4.12. The summed E-state index contributed by atoms with van der Waals surface area (Å²) >= 11 is 1.75. The number of rotatable bonds is 6. The predicted octanol–water partition coefficient (Wildman–Crippen LogP) is 2.12. The lowest BCUT2D eigenvalue weighted by molar-refractivity contribution is 0.543. The van der Waals surface area contributed by atoms with Crippen molar-refractivity contribution in [2.75, 3.05) is 6.54 Å². The second kappa shape index (κ2) is 5.68. The second-order valence-corrected chi connectivity index (χ2v) is 4.21. The molecule has 15 heavy (non-hydrogen) atoms. The van der Waals surface area contributed by atoms with Crippen LogP contribution in [0.15, 0.2) is 35.3 Å².